The van der Waals surface area contributed by atoms with Crippen molar-refractivity contribution in [1.82, 2.24) is 19.9 Å². The monoisotopic (exact) mass is 543 g/mol. The molecule has 0 saturated carbocycles. The van der Waals surface area contributed by atoms with Crippen LogP contribution in [0.5, 0.6) is 5.75 Å². The van der Waals surface area contributed by atoms with Gasteiger partial charge in [-0.2, -0.15) is 0 Å². The lowest BCUT2D eigenvalue weighted by Crippen LogP contribution is -2.35. The quantitative estimate of drug-likeness (QED) is 0.254. The second-order valence-corrected chi connectivity index (χ2v) is 11.7. The first-order chi connectivity index (χ1) is 18.7. The van der Waals surface area contributed by atoms with Gasteiger partial charge < -0.3 is 14.6 Å². The fraction of sp³-hybridized carbons (Fsp3) is 0.276. The van der Waals surface area contributed by atoms with E-state index in [-0.39, 0.29) is 5.75 Å². The average Bonchev–Trinajstić information content (AvgIpc) is 3.57. The van der Waals surface area contributed by atoms with E-state index in [1.165, 1.54) is 5.56 Å². The third-order valence-electron chi connectivity index (χ3n) is 6.89. The first kappa shape index (κ1) is 24.8. The van der Waals surface area contributed by atoms with Gasteiger partial charge in [0.25, 0.3) is 0 Å². The molecule has 1 fully saturated rings. The Morgan fingerprint density at radius 1 is 0.974 bits per heavy atom. The SMILES string of the molecule is O=S(Cc1ncc(OCc2ccccc2)c(N2CCC(Cc3ccccc3)CC2)n1)c1nc2cscc2[nH]1. The third-order valence-corrected chi connectivity index (χ3v) is 8.76. The van der Waals surface area contributed by atoms with Gasteiger partial charge in [-0.1, -0.05) is 60.7 Å². The van der Waals surface area contributed by atoms with Gasteiger partial charge in [0.15, 0.2) is 16.7 Å². The van der Waals surface area contributed by atoms with Crippen LogP contribution in [0.2, 0.25) is 0 Å². The molecular weight excluding hydrogens is 514 g/mol. The number of piperidine rings is 1. The molecule has 38 heavy (non-hydrogen) atoms. The average molecular weight is 544 g/mol. The van der Waals surface area contributed by atoms with Crippen LogP contribution in [-0.2, 0) is 29.6 Å². The van der Waals surface area contributed by atoms with E-state index in [9.17, 15) is 4.21 Å². The summed E-state index contributed by atoms with van der Waals surface area (Å²) in [6.07, 6.45) is 5.00. The van der Waals surface area contributed by atoms with Gasteiger partial charge in [0.05, 0.1) is 28.3 Å². The molecule has 0 spiro atoms. The van der Waals surface area contributed by atoms with Crippen molar-refractivity contribution in [3.8, 4) is 5.75 Å². The van der Waals surface area contributed by atoms with Gasteiger partial charge in [-0.3, -0.25) is 4.21 Å². The summed E-state index contributed by atoms with van der Waals surface area (Å²) in [5, 5.41) is 4.37. The normalized spacial score (nSPS) is 15.1. The Kier molecular flexibility index (Phi) is 7.46. The van der Waals surface area contributed by atoms with Crippen molar-refractivity contribution in [3.05, 3.63) is 94.6 Å². The molecular formula is C29H29N5O2S2. The summed E-state index contributed by atoms with van der Waals surface area (Å²) < 4.78 is 19.3. The number of rotatable bonds is 9. The van der Waals surface area contributed by atoms with Gasteiger partial charge in [0, 0.05) is 23.8 Å². The number of thiophene rings is 1. The maximum atomic E-state index is 13.1. The Hall–Kier alpha value is -3.56. The lowest BCUT2D eigenvalue weighted by molar-refractivity contribution is 0.301. The highest BCUT2D eigenvalue weighted by atomic mass is 32.2. The largest absolute Gasteiger partial charge is 0.483 e. The molecule has 0 amide bonds. The van der Waals surface area contributed by atoms with Crippen molar-refractivity contribution in [1.29, 1.82) is 0 Å². The molecule has 0 radical (unpaired) electrons. The minimum atomic E-state index is -1.37. The summed E-state index contributed by atoms with van der Waals surface area (Å²) in [4.78, 5) is 19.3. The summed E-state index contributed by atoms with van der Waals surface area (Å²) in [6, 6.07) is 20.8. The number of aromatic amines is 1. The molecule has 9 heteroatoms. The molecule has 1 saturated heterocycles. The lowest BCUT2D eigenvalue weighted by Gasteiger charge is -2.33. The summed E-state index contributed by atoms with van der Waals surface area (Å²) >= 11 is 1.57. The number of imidazole rings is 1. The van der Waals surface area contributed by atoms with Gasteiger partial charge in [-0.05, 0) is 36.3 Å². The smallest absolute Gasteiger partial charge is 0.197 e. The zero-order chi connectivity index (χ0) is 25.7. The number of benzene rings is 2. The minimum absolute atomic E-state index is 0.190. The van der Waals surface area contributed by atoms with Crippen molar-refractivity contribution in [2.45, 2.75) is 36.8 Å². The second kappa shape index (κ2) is 11.4. The number of hydrogen-bond acceptors (Lipinski definition) is 7. The van der Waals surface area contributed by atoms with E-state index in [2.05, 4.69) is 50.2 Å². The van der Waals surface area contributed by atoms with Crippen molar-refractivity contribution in [3.63, 3.8) is 0 Å². The molecule has 5 aromatic rings. The number of H-pyrrole nitrogens is 1. The summed E-state index contributed by atoms with van der Waals surface area (Å²) in [5.74, 6) is 2.79. The lowest BCUT2D eigenvalue weighted by atomic mass is 9.90. The fourth-order valence-corrected chi connectivity index (χ4v) is 6.47. The summed E-state index contributed by atoms with van der Waals surface area (Å²) in [7, 11) is -1.37. The van der Waals surface area contributed by atoms with Crippen LogP contribution in [0.4, 0.5) is 5.82 Å². The molecule has 1 aliphatic heterocycles. The second-order valence-electron chi connectivity index (χ2n) is 9.57. The van der Waals surface area contributed by atoms with E-state index in [0.717, 1.165) is 54.8 Å². The molecule has 2 aromatic carbocycles. The van der Waals surface area contributed by atoms with Crippen LogP contribution in [0.1, 0.15) is 29.8 Å². The van der Waals surface area contributed by atoms with Gasteiger partial charge in [0.1, 0.15) is 17.9 Å². The maximum absolute atomic E-state index is 13.1. The van der Waals surface area contributed by atoms with Crippen molar-refractivity contribution in [2.24, 2.45) is 5.92 Å². The Morgan fingerprint density at radius 3 is 2.45 bits per heavy atom. The van der Waals surface area contributed by atoms with E-state index in [1.54, 1.807) is 17.5 Å². The van der Waals surface area contributed by atoms with Gasteiger partial charge in [0.2, 0.25) is 0 Å². The van der Waals surface area contributed by atoms with Gasteiger partial charge in [-0.25, -0.2) is 15.0 Å². The Balaban J connectivity index is 1.19. The highest BCUT2D eigenvalue weighted by Gasteiger charge is 2.24. The first-order valence-electron chi connectivity index (χ1n) is 12.8. The fourth-order valence-electron chi connectivity index (χ4n) is 4.84. The van der Waals surface area contributed by atoms with Gasteiger partial charge in [-0.15, -0.1) is 11.3 Å². The summed E-state index contributed by atoms with van der Waals surface area (Å²) in [5.41, 5.74) is 4.22. The molecule has 1 N–H and O–H groups in total. The Labute approximate surface area is 228 Å². The van der Waals surface area contributed by atoms with Crippen LogP contribution in [0.3, 0.4) is 0 Å². The number of anilines is 1. The molecule has 0 bridgehead atoms. The van der Waals surface area contributed by atoms with Crippen molar-refractivity contribution >= 4 is 39.0 Å². The van der Waals surface area contributed by atoms with Crippen LogP contribution >= 0.6 is 11.3 Å². The molecule has 3 aromatic heterocycles. The van der Waals surface area contributed by atoms with Crippen LogP contribution in [0.15, 0.2) is 82.8 Å². The van der Waals surface area contributed by atoms with E-state index >= 15 is 0 Å². The molecule has 194 valence electrons. The van der Waals surface area contributed by atoms with Gasteiger partial charge >= 0.3 is 0 Å². The molecule has 6 rings (SSSR count). The van der Waals surface area contributed by atoms with E-state index in [0.29, 0.717) is 29.3 Å². The zero-order valence-corrected chi connectivity index (χ0v) is 22.6. The first-order valence-corrected chi connectivity index (χ1v) is 15.1. The van der Waals surface area contributed by atoms with Crippen LogP contribution in [-0.4, -0.2) is 37.2 Å². The van der Waals surface area contributed by atoms with E-state index in [4.69, 9.17) is 9.72 Å². The molecule has 4 heterocycles. The van der Waals surface area contributed by atoms with E-state index in [1.807, 2.05) is 41.1 Å². The number of fused-ring (bicyclic) bond motifs is 1. The predicted molar refractivity (Wildman–Crippen MR) is 152 cm³/mol. The highest BCUT2D eigenvalue weighted by molar-refractivity contribution is 7.84. The third kappa shape index (κ3) is 5.79. The van der Waals surface area contributed by atoms with Crippen molar-refractivity contribution in [2.75, 3.05) is 18.0 Å². The van der Waals surface area contributed by atoms with Crippen LogP contribution < -0.4 is 9.64 Å². The number of nitrogens with one attached hydrogen (secondary N) is 1. The Morgan fingerprint density at radius 2 is 1.71 bits per heavy atom. The zero-order valence-electron chi connectivity index (χ0n) is 21.0. The number of ether oxygens (including phenoxy) is 1. The Bertz CT molecular complexity index is 1480. The van der Waals surface area contributed by atoms with Crippen LogP contribution in [0.25, 0.3) is 11.0 Å². The maximum Gasteiger partial charge on any atom is 0.197 e. The number of hydrogen-bond donors (Lipinski definition) is 1. The molecule has 1 aliphatic rings. The number of nitrogens with zero attached hydrogens (tertiary/aromatic N) is 4. The van der Waals surface area contributed by atoms with Crippen LogP contribution in [0, 0.1) is 5.92 Å². The number of aromatic nitrogens is 4. The minimum Gasteiger partial charge on any atom is -0.483 e. The molecule has 0 aliphatic carbocycles. The van der Waals surface area contributed by atoms with E-state index < -0.39 is 10.8 Å². The molecule has 1 atom stereocenters. The molecule has 7 nitrogen and oxygen atoms in total. The predicted octanol–water partition coefficient (Wildman–Crippen LogP) is 5.76. The standard InChI is InChI=1S/C29H29N5O2S2/c35-38(29-31-24-18-37-19-25(24)32-29)20-27-30-16-26(36-17-23-9-5-2-6-10-23)28(33-27)34-13-11-22(12-14-34)15-21-7-3-1-4-8-21/h1-10,16,18-19,22H,11-15,17,20H2,(H,31,32). The highest BCUT2D eigenvalue weighted by Crippen LogP contribution is 2.31. The topological polar surface area (TPSA) is 84.0 Å². The molecule has 1 unspecified atom stereocenters. The van der Waals surface area contributed by atoms with Crippen molar-refractivity contribution < 1.29 is 8.95 Å². The summed E-state index contributed by atoms with van der Waals surface area (Å²) in [6.45, 7) is 2.23.